The van der Waals surface area contributed by atoms with Crippen LogP contribution in [0.1, 0.15) is 10.4 Å². The van der Waals surface area contributed by atoms with Gasteiger partial charge < -0.3 is 5.32 Å². The van der Waals surface area contributed by atoms with Gasteiger partial charge in [0, 0.05) is 13.1 Å². The molecule has 0 aliphatic rings. The number of halogens is 1. The second kappa shape index (κ2) is 3.85. The fourth-order valence-electron chi connectivity index (χ4n) is 1.09. The van der Waals surface area contributed by atoms with Gasteiger partial charge in [-0.05, 0) is 15.9 Å². The number of aromatic amines is 1. The molecule has 78 valence electrons. The molecule has 6 nitrogen and oxygen atoms in total. The van der Waals surface area contributed by atoms with Gasteiger partial charge in [0.05, 0.1) is 18.0 Å². The first-order valence-corrected chi connectivity index (χ1v) is 4.96. The van der Waals surface area contributed by atoms with E-state index < -0.39 is 0 Å². The molecule has 15 heavy (non-hydrogen) atoms. The minimum atomic E-state index is -0.237. The quantitative estimate of drug-likeness (QED) is 0.859. The molecule has 2 rings (SSSR count). The molecule has 0 fully saturated rings. The molecule has 0 atom stereocenters. The maximum atomic E-state index is 11.7. The monoisotopic (exact) mass is 269 g/mol. The Morgan fingerprint density at radius 2 is 2.47 bits per heavy atom. The van der Waals surface area contributed by atoms with Gasteiger partial charge in [-0.3, -0.25) is 14.6 Å². The summed E-state index contributed by atoms with van der Waals surface area (Å²) in [6.45, 7) is 0. The molecule has 0 aliphatic carbocycles. The normalized spacial score (nSPS) is 10.3. The topological polar surface area (TPSA) is 75.6 Å². The Balaban J connectivity index is 2.19. The number of aryl methyl sites for hydroxylation is 1. The lowest BCUT2D eigenvalue weighted by atomic mass is 10.3. The third kappa shape index (κ3) is 1.91. The molecular weight excluding hydrogens is 262 g/mol. The van der Waals surface area contributed by atoms with Crippen molar-refractivity contribution in [1.29, 1.82) is 0 Å². The van der Waals surface area contributed by atoms with Gasteiger partial charge in [0.25, 0.3) is 5.91 Å². The highest BCUT2D eigenvalue weighted by Gasteiger charge is 2.14. The van der Waals surface area contributed by atoms with E-state index in [1.807, 2.05) is 0 Å². The van der Waals surface area contributed by atoms with Crippen molar-refractivity contribution in [3.05, 3.63) is 28.6 Å². The van der Waals surface area contributed by atoms with Crippen LogP contribution in [0.5, 0.6) is 0 Å². The Hall–Kier alpha value is -1.63. The maximum absolute atomic E-state index is 11.7. The highest BCUT2D eigenvalue weighted by Crippen LogP contribution is 2.16. The van der Waals surface area contributed by atoms with Gasteiger partial charge in [0.2, 0.25) is 0 Å². The van der Waals surface area contributed by atoms with Crippen LogP contribution in [0.2, 0.25) is 0 Å². The number of amides is 1. The Morgan fingerprint density at radius 1 is 1.67 bits per heavy atom. The molecular formula is C8H8BrN5O. The molecule has 2 aromatic rings. The van der Waals surface area contributed by atoms with Crippen molar-refractivity contribution in [3.63, 3.8) is 0 Å². The third-order valence-corrected chi connectivity index (χ3v) is 2.80. The summed E-state index contributed by atoms with van der Waals surface area (Å²) in [7, 11) is 1.75. The summed E-state index contributed by atoms with van der Waals surface area (Å²) in [5.41, 5.74) is 0.479. The molecule has 0 saturated heterocycles. The number of hydrogen-bond donors (Lipinski definition) is 2. The average molecular weight is 270 g/mol. The van der Waals surface area contributed by atoms with Crippen molar-refractivity contribution in [2.24, 2.45) is 7.05 Å². The third-order valence-electron chi connectivity index (χ3n) is 1.86. The number of anilines is 1. The number of nitrogens with one attached hydrogen (secondary N) is 2. The predicted molar refractivity (Wildman–Crippen MR) is 57.4 cm³/mol. The SMILES string of the molecule is Cn1ncc(C(=O)Nc2ccn[nH]2)c1Br. The zero-order chi connectivity index (χ0) is 10.8. The summed E-state index contributed by atoms with van der Waals surface area (Å²) in [6.07, 6.45) is 3.06. The fourth-order valence-corrected chi connectivity index (χ4v) is 1.46. The molecule has 1 amide bonds. The van der Waals surface area contributed by atoms with E-state index in [0.717, 1.165) is 0 Å². The largest absolute Gasteiger partial charge is 0.307 e. The number of carbonyl (C=O) groups excluding carboxylic acids is 1. The van der Waals surface area contributed by atoms with E-state index in [1.54, 1.807) is 24.0 Å². The van der Waals surface area contributed by atoms with E-state index in [0.29, 0.717) is 16.0 Å². The second-order valence-corrected chi connectivity index (χ2v) is 3.65. The van der Waals surface area contributed by atoms with Gasteiger partial charge in [-0.15, -0.1) is 0 Å². The van der Waals surface area contributed by atoms with Crippen molar-refractivity contribution >= 4 is 27.7 Å². The number of aromatic nitrogens is 4. The van der Waals surface area contributed by atoms with Crippen LogP contribution in [0, 0.1) is 0 Å². The highest BCUT2D eigenvalue weighted by molar-refractivity contribution is 9.10. The summed E-state index contributed by atoms with van der Waals surface area (Å²) in [5.74, 6) is 0.315. The lowest BCUT2D eigenvalue weighted by Crippen LogP contribution is -2.12. The van der Waals surface area contributed by atoms with Crippen molar-refractivity contribution in [2.45, 2.75) is 0 Å². The molecule has 0 aliphatic heterocycles. The molecule has 2 N–H and O–H groups in total. The molecule has 2 aromatic heterocycles. The zero-order valence-electron chi connectivity index (χ0n) is 7.86. The van der Waals surface area contributed by atoms with Crippen LogP contribution in [0.3, 0.4) is 0 Å². The Kier molecular flexibility index (Phi) is 2.55. The molecule has 0 radical (unpaired) electrons. The zero-order valence-corrected chi connectivity index (χ0v) is 9.45. The molecule has 0 bridgehead atoms. The first-order chi connectivity index (χ1) is 7.18. The smallest absolute Gasteiger partial charge is 0.261 e. The minimum Gasteiger partial charge on any atom is -0.307 e. The van der Waals surface area contributed by atoms with Crippen molar-refractivity contribution < 1.29 is 4.79 Å². The Morgan fingerprint density at radius 3 is 3.00 bits per heavy atom. The Bertz CT molecular complexity index is 475. The van der Waals surface area contributed by atoms with E-state index in [2.05, 4.69) is 36.5 Å². The van der Waals surface area contributed by atoms with Crippen molar-refractivity contribution in [2.75, 3.05) is 5.32 Å². The van der Waals surface area contributed by atoms with Crippen LogP contribution >= 0.6 is 15.9 Å². The minimum absolute atomic E-state index is 0.237. The predicted octanol–water partition coefficient (Wildman–Crippen LogP) is 1.16. The van der Waals surface area contributed by atoms with E-state index >= 15 is 0 Å². The molecule has 2 heterocycles. The van der Waals surface area contributed by atoms with Crippen LogP contribution in [-0.4, -0.2) is 25.9 Å². The van der Waals surface area contributed by atoms with E-state index in [1.165, 1.54) is 6.20 Å². The van der Waals surface area contributed by atoms with Gasteiger partial charge in [-0.1, -0.05) is 0 Å². The summed E-state index contributed by atoms with van der Waals surface area (Å²) in [4.78, 5) is 11.7. The Labute approximate surface area is 93.8 Å². The first kappa shape index (κ1) is 9.91. The van der Waals surface area contributed by atoms with Crippen LogP contribution in [0.25, 0.3) is 0 Å². The number of hydrogen-bond acceptors (Lipinski definition) is 3. The number of carbonyl (C=O) groups is 1. The summed E-state index contributed by atoms with van der Waals surface area (Å²) >= 11 is 3.27. The summed E-state index contributed by atoms with van der Waals surface area (Å²) in [6, 6.07) is 1.67. The highest BCUT2D eigenvalue weighted by atomic mass is 79.9. The lowest BCUT2D eigenvalue weighted by molar-refractivity contribution is 0.102. The fraction of sp³-hybridized carbons (Fsp3) is 0.125. The summed E-state index contributed by atoms with van der Waals surface area (Å²) in [5, 5.41) is 13.0. The lowest BCUT2D eigenvalue weighted by Gasteiger charge is -2.00. The average Bonchev–Trinajstić information content (AvgIpc) is 2.79. The van der Waals surface area contributed by atoms with Crippen LogP contribution in [0.4, 0.5) is 5.82 Å². The van der Waals surface area contributed by atoms with Gasteiger partial charge in [-0.25, -0.2) is 0 Å². The molecule has 0 aromatic carbocycles. The maximum Gasteiger partial charge on any atom is 0.261 e. The van der Waals surface area contributed by atoms with E-state index in [9.17, 15) is 4.79 Å². The summed E-state index contributed by atoms with van der Waals surface area (Å²) < 4.78 is 2.21. The van der Waals surface area contributed by atoms with Gasteiger partial charge >= 0.3 is 0 Å². The van der Waals surface area contributed by atoms with E-state index in [-0.39, 0.29) is 5.91 Å². The number of rotatable bonds is 2. The molecule has 0 unspecified atom stereocenters. The van der Waals surface area contributed by atoms with Gasteiger partial charge in [0.1, 0.15) is 10.4 Å². The molecule has 0 saturated carbocycles. The van der Waals surface area contributed by atoms with Crippen LogP contribution < -0.4 is 5.32 Å². The molecule has 0 spiro atoms. The van der Waals surface area contributed by atoms with Crippen LogP contribution in [-0.2, 0) is 7.05 Å². The number of H-pyrrole nitrogens is 1. The van der Waals surface area contributed by atoms with Crippen LogP contribution in [0.15, 0.2) is 23.1 Å². The van der Waals surface area contributed by atoms with Crippen molar-refractivity contribution in [1.82, 2.24) is 20.0 Å². The second-order valence-electron chi connectivity index (χ2n) is 2.90. The van der Waals surface area contributed by atoms with E-state index in [4.69, 9.17) is 0 Å². The first-order valence-electron chi connectivity index (χ1n) is 4.16. The van der Waals surface area contributed by atoms with Crippen molar-refractivity contribution in [3.8, 4) is 0 Å². The number of nitrogens with zero attached hydrogens (tertiary/aromatic N) is 3. The standard InChI is InChI=1S/C8H8BrN5O/c1-14-7(9)5(4-11-14)8(15)12-6-2-3-10-13-6/h2-4H,1H3,(H2,10,12,13,15). The van der Waals surface area contributed by atoms with Gasteiger partial charge in [0.15, 0.2) is 0 Å². The molecule has 7 heteroatoms. The van der Waals surface area contributed by atoms with Gasteiger partial charge in [-0.2, -0.15) is 10.2 Å².